The molecule has 0 radical (unpaired) electrons. The number of carbonyl (C=O) groups excluding carboxylic acids is 2. The van der Waals surface area contributed by atoms with E-state index in [4.69, 9.17) is 0 Å². The lowest BCUT2D eigenvalue weighted by molar-refractivity contribution is -0.313. The molecule has 1 aromatic carbocycles. The first-order valence-electron chi connectivity index (χ1n) is 6.31. The van der Waals surface area contributed by atoms with Crippen LogP contribution in [0.5, 0.6) is 0 Å². The van der Waals surface area contributed by atoms with Crippen LogP contribution < -0.4 is 10.4 Å². The number of hydrogen-bond donors (Lipinski definition) is 1. The highest BCUT2D eigenvalue weighted by atomic mass is 16.4. The van der Waals surface area contributed by atoms with Gasteiger partial charge in [0, 0.05) is 17.6 Å². The van der Waals surface area contributed by atoms with Crippen LogP contribution in [0.3, 0.4) is 0 Å². The summed E-state index contributed by atoms with van der Waals surface area (Å²) in [7, 11) is 0. The van der Waals surface area contributed by atoms with Crippen LogP contribution in [0.4, 0.5) is 5.69 Å². The number of carboxylic acid groups (broad SMARTS) is 1. The first-order chi connectivity index (χ1) is 9.08. The molecular weight excluding hydrogens is 242 g/mol. The Balaban J connectivity index is 2.08. The molecule has 0 saturated heterocycles. The Morgan fingerprint density at radius 3 is 2.26 bits per heavy atom. The molecular formula is C15H16NO3-. The number of allylic oxidation sites excluding steroid dienone is 2. The molecule has 2 atom stereocenters. The molecule has 2 rings (SSSR count). The second-order valence-corrected chi connectivity index (χ2v) is 4.83. The molecule has 1 N–H and O–H groups in total. The van der Waals surface area contributed by atoms with Crippen LogP contribution in [-0.2, 0) is 9.59 Å². The largest absolute Gasteiger partial charge is 0.550 e. The highest BCUT2D eigenvalue weighted by Gasteiger charge is 2.29. The lowest BCUT2D eigenvalue weighted by atomic mass is 9.82. The number of amides is 1. The third-order valence-corrected chi connectivity index (χ3v) is 3.39. The average molecular weight is 258 g/mol. The zero-order valence-corrected chi connectivity index (χ0v) is 10.8. The fourth-order valence-electron chi connectivity index (χ4n) is 2.24. The molecule has 0 aliphatic heterocycles. The molecule has 0 aromatic heterocycles. The first-order valence-corrected chi connectivity index (χ1v) is 6.31. The molecule has 0 bridgehead atoms. The van der Waals surface area contributed by atoms with Gasteiger partial charge < -0.3 is 15.2 Å². The smallest absolute Gasteiger partial charge is 0.228 e. The van der Waals surface area contributed by atoms with E-state index in [-0.39, 0.29) is 5.91 Å². The Morgan fingerprint density at radius 1 is 1.11 bits per heavy atom. The standard InChI is InChI=1S/C15H17NO3/c1-10-6-8-11(9-7-10)16-14(17)12-4-2-3-5-13(12)15(18)19/h2-3,6-9,12-13H,4-5H2,1H3,(H,16,17)(H,18,19)/p-1/t12-,13+/m1/s1. The van der Waals surface area contributed by atoms with E-state index in [1.54, 1.807) is 18.2 Å². The van der Waals surface area contributed by atoms with Gasteiger partial charge in [0.15, 0.2) is 0 Å². The first kappa shape index (κ1) is 13.3. The van der Waals surface area contributed by atoms with Crippen LogP contribution in [0, 0.1) is 18.8 Å². The molecule has 0 spiro atoms. The van der Waals surface area contributed by atoms with Crippen LogP contribution in [0.25, 0.3) is 0 Å². The van der Waals surface area contributed by atoms with Crippen molar-refractivity contribution >= 4 is 17.6 Å². The third-order valence-electron chi connectivity index (χ3n) is 3.39. The SMILES string of the molecule is Cc1ccc(NC(=O)[C@@H]2CC=CC[C@@H]2C(=O)[O-])cc1. The van der Waals surface area contributed by atoms with Crippen LogP contribution in [0.1, 0.15) is 18.4 Å². The number of aliphatic carboxylic acids is 1. The van der Waals surface area contributed by atoms with Gasteiger partial charge in [0.05, 0.1) is 5.92 Å². The average Bonchev–Trinajstić information content (AvgIpc) is 2.41. The summed E-state index contributed by atoms with van der Waals surface area (Å²) < 4.78 is 0. The van der Waals surface area contributed by atoms with E-state index < -0.39 is 17.8 Å². The van der Waals surface area contributed by atoms with Crippen molar-refractivity contribution in [3.8, 4) is 0 Å². The van der Waals surface area contributed by atoms with E-state index in [9.17, 15) is 14.7 Å². The normalized spacial score (nSPS) is 21.9. The van der Waals surface area contributed by atoms with Gasteiger partial charge in [0.2, 0.25) is 5.91 Å². The van der Waals surface area contributed by atoms with E-state index in [0.29, 0.717) is 18.5 Å². The van der Waals surface area contributed by atoms with E-state index >= 15 is 0 Å². The monoisotopic (exact) mass is 258 g/mol. The molecule has 19 heavy (non-hydrogen) atoms. The van der Waals surface area contributed by atoms with Crippen molar-refractivity contribution in [3.63, 3.8) is 0 Å². The molecule has 0 fully saturated rings. The zero-order chi connectivity index (χ0) is 13.8. The molecule has 4 heteroatoms. The molecule has 0 unspecified atom stereocenters. The highest BCUT2D eigenvalue weighted by molar-refractivity contribution is 5.95. The Hall–Kier alpha value is -2.10. The molecule has 100 valence electrons. The van der Waals surface area contributed by atoms with Crippen molar-refractivity contribution < 1.29 is 14.7 Å². The van der Waals surface area contributed by atoms with Crippen molar-refractivity contribution in [2.24, 2.45) is 11.8 Å². The third kappa shape index (κ3) is 3.22. The van der Waals surface area contributed by atoms with Gasteiger partial charge in [-0.3, -0.25) is 4.79 Å². The minimum Gasteiger partial charge on any atom is -0.550 e. The molecule has 1 aromatic rings. The Labute approximate surface area is 112 Å². The fourth-order valence-corrected chi connectivity index (χ4v) is 2.24. The number of hydrogen-bond acceptors (Lipinski definition) is 3. The predicted octanol–water partition coefficient (Wildman–Crippen LogP) is 1.27. The fraction of sp³-hybridized carbons (Fsp3) is 0.333. The van der Waals surface area contributed by atoms with Crippen LogP contribution in [-0.4, -0.2) is 11.9 Å². The van der Waals surface area contributed by atoms with Crippen LogP contribution in [0.2, 0.25) is 0 Å². The quantitative estimate of drug-likeness (QED) is 0.830. The predicted molar refractivity (Wildman–Crippen MR) is 70.2 cm³/mol. The Kier molecular flexibility index (Phi) is 4.00. The van der Waals surface area contributed by atoms with Gasteiger partial charge in [-0.25, -0.2) is 0 Å². The van der Waals surface area contributed by atoms with E-state index in [1.165, 1.54) is 0 Å². The lowest BCUT2D eigenvalue weighted by Gasteiger charge is -2.28. The summed E-state index contributed by atoms with van der Waals surface area (Å²) in [5.41, 5.74) is 1.79. The van der Waals surface area contributed by atoms with Crippen LogP contribution in [0.15, 0.2) is 36.4 Å². The van der Waals surface area contributed by atoms with Crippen LogP contribution >= 0.6 is 0 Å². The molecule has 4 nitrogen and oxygen atoms in total. The van der Waals surface area contributed by atoms with E-state index in [0.717, 1.165) is 5.56 Å². The summed E-state index contributed by atoms with van der Waals surface area (Å²) in [5.74, 6) is -2.72. The maximum Gasteiger partial charge on any atom is 0.228 e. The van der Waals surface area contributed by atoms with Crippen molar-refractivity contribution in [1.82, 2.24) is 0 Å². The van der Waals surface area contributed by atoms with Gasteiger partial charge in [-0.2, -0.15) is 0 Å². The summed E-state index contributed by atoms with van der Waals surface area (Å²) in [4.78, 5) is 23.2. The van der Waals surface area contributed by atoms with Gasteiger partial charge >= 0.3 is 0 Å². The summed E-state index contributed by atoms with van der Waals surface area (Å²) >= 11 is 0. The van der Waals surface area contributed by atoms with Crippen molar-refractivity contribution in [2.75, 3.05) is 5.32 Å². The number of aryl methyl sites for hydroxylation is 1. The molecule has 1 amide bonds. The van der Waals surface area contributed by atoms with Gasteiger partial charge in [-0.1, -0.05) is 29.8 Å². The van der Waals surface area contributed by atoms with Crippen molar-refractivity contribution in [2.45, 2.75) is 19.8 Å². The zero-order valence-electron chi connectivity index (χ0n) is 10.8. The maximum absolute atomic E-state index is 12.1. The maximum atomic E-state index is 12.1. The number of nitrogens with one attached hydrogen (secondary N) is 1. The lowest BCUT2D eigenvalue weighted by Crippen LogP contribution is -2.41. The number of carbonyl (C=O) groups is 2. The van der Waals surface area contributed by atoms with Gasteiger partial charge in [0.25, 0.3) is 0 Å². The minimum atomic E-state index is -1.16. The van der Waals surface area contributed by atoms with Gasteiger partial charge in [-0.15, -0.1) is 0 Å². The second kappa shape index (κ2) is 5.69. The number of anilines is 1. The number of carboxylic acids is 1. The van der Waals surface area contributed by atoms with Crippen molar-refractivity contribution in [1.29, 1.82) is 0 Å². The number of rotatable bonds is 3. The number of benzene rings is 1. The van der Waals surface area contributed by atoms with E-state index in [1.807, 2.05) is 25.1 Å². The van der Waals surface area contributed by atoms with Crippen molar-refractivity contribution in [3.05, 3.63) is 42.0 Å². The summed E-state index contributed by atoms with van der Waals surface area (Å²) in [6.45, 7) is 1.96. The topological polar surface area (TPSA) is 69.2 Å². The highest BCUT2D eigenvalue weighted by Crippen LogP contribution is 2.26. The summed E-state index contributed by atoms with van der Waals surface area (Å²) in [5, 5.41) is 13.8. The Bertz CT molecular complexity index is 505. The molecule has 1 aliphatic rings. The summed E-state index contributed by atoms with van der Waals surface area (Å²) in [6.07, 6.45) is 4.43. The Morgan fingerprint density at radius 2 is 1.68 bits per heavy atom. The van der Waals surface area contributed by atoms with Gasteiger partial charge in [0.1, 0.15) is 0 Å². The minimum absolute atomic E-state index is 0.262. The molecule has 0 saturated carbocycles. The van der Waals surface area contributed by atoms with E-state index in [2.05, 4.69) is 5.32 Å². The molecule has 0 heterocycles. The molecule has 1 aliphatic carbocycles. The second-order valence-electron chi connectivity index (χ2n) is 4.83. The van der Waals surface area contributed by atoms with Gasteiger partial charge in [-0.05, 0) is 31.9 Å². The summed E-state index contributed by atoms with van der Waals surface area (Å²) in [6, 6.07) is 7.40.